The summed E-state index contributed by atoms with van der Waals surface area (Å²) in [7, 11) is -4.28. The Labute approximate surface area is 294 Å². The van der Waals surface area contributed by atoms with Gasteiger partial charge in [0.2, 0.25) is 0 Å². The van der Waals surface area contributed by atoms with Gasteiger partial charge in [0.15, 0.2) is 0 Å². The Kier molecular flexibility index (Phi) is 35.6. The Bertz CT molecular complexity index is 874. The lowest BCUT2D eigenvalue weighted by Gasteiger charge is -2.20. The number of hydrogen-bond donors (Lipinski definition) is 2. The van der Waals surface area contributed by atoms with Gasteiger partial charge in [-0.25, -0.2) is 4.57 Å². The average Bonchev–Trinajstić information content (AvgIpc) is 3.07. The molecule has 0 amide bonds. The van der Waals surface area contributed by atoms with E-state index in [9.17, 15) is 14.3 Å². The molecule has 0 saturated carbocycles. The Hall–Kier alpha value is -1.54. The molecule has 2 atom stereocenters. The number of phosphoric ester groups is 1. The number of rotatable bonds is 36. The third kappa shape index (κ3) is 35.8. The largest absolute Gasteiger partial charge is 0.472 e. The second-order valence-corrected chi connectivity index (χ2v) is 13.9. The van der Waals surface area contributed by atoms with E-state index in [0.29, 0.717) is 13.0 Å². The maximum absolute atomic E-state index is 12.5. The molecule has 280 valence electrons. The molecule has 0 saturated heterocycles. The minimum Gasteiger partial charge on any atom is -0.457 e. The summed E-state index contributed by atoms with van der Waals surface area (Å²) in [4.78, 5) is 22.4. The highest BCUT2D eigenvalue weighted by molar-refractivity contribution is 7.47. The molecule has 0 aliphatic rings. The first kappa shape index (κ1) is 46.5. The molecule has 0 spiro atoms. The number of carbonyl (C=O) groups is 1. The van der Waals surface area contributed by atoms with Crippen LogP contribution in [0, 0.1) is 0 Å². The van der Waals surface area contributed by atoms with Gasteiger partial charge in [0.25, 0.3) is 0 Å². The van der Waals surface area contributed by atoms with E-state index in [1.165, 1.54) is 51.4 Å². The number of carbonyl (C=O) groups excluding carboxylic acids is 1. The zero-order valence-electron chi connectivity index (χ0n) is 30.7. The number of unbranched alkanes of at least 4 members (excludes halogenated alkanes) is 15. The Balaban J connectivity index is 4.14. The first-order chi connectivity index (χ1) is 23.4. The minimum atomic E-state index is -4.28. The van der Waals surface area contributed by atoms with Crippen molar-refractivity contribution in [1.82, 2.24) is 0 Å². The second kappa shape index (κ2) is 36.7. The van der Waals surface area contributed by atoms with Gasteiger partial charge in [-0.15, -0.1) is 0 Å². The fraction of sp³-hybridized carbons (Fsp3) is 0.769. The summed E-state index contributed by atoms with van der Waals surface area (Å²) >= 11 is 0. The van der Waals surface area contributed by atoms with Gasteiger partial charge in [-0.1, -0.05) is 127 Å². The van der Waals surface area contributed by atoms with Gasteiger partial charge < -0.3 is 20.1 Å². The number of hydrogen-bond acceptors (Lipinski definition) is 7. The van der Waals surface area contributed by atoms with Crippen molar-refractivity contribution in [1.29, 1.82) is 0 Å². The molecule has 0 aromatic carbocycles. The number of ether oxygens (including phenoxy) is 2. The molecule has 48 heavy (non-hydrogen) atoms. The monoisotopic (exact) mass is 698 g/mol. The van der Waals surface area contributed by atoms with Crippen LogP contribution >= 0.6 is 7.82 Å². The van der Waals surface area contributed by atoms with E-state index in [2.05, 4.69) is 62.5 Å². The third-order valence-electron chi connectivity index (χ3n) is 7.70. The lowest BCUT2D eigenvalue weighted by Crippen LogP contribution is -2.28. The van der Waals surface area contributed by atoms with Crippen molar-refractivity contribution < 1.29 is 32.8 Å². The predicted octanol–water partition coefficient (Wildman–Crippen LogP) is 10.9. The fourth-order valence-electron chi connectivity index (χ4n) is 4.89. The SMILES string of the molecule is CCC/C=C\C/C=C\CCCCCCCCOCC(COP(=O)(O)OCCN)OC(=O)CCCCCCC/C=C\C/C=C\CCCCC. The van der Waals surface area contributed by atoms with Crippen molar-refractivity contribution in [3.05, 3.63) is 48.6 Å². The normalized spacial score (nSPS) is 14.2. The minimum absolute atomic E-state index is 0.0943. The summed E-state index contributed by atoms with van der Waals surface area (Å²) in [6.07, 6.45) is 41.2. The van der Waals surface area contributed by atoms with Crippen LogP contribution in [-0.2, 0) is 27.9 Å². The van der Waals surface area contributed by atoms with Crippen molar-refractivity contribution in [3.63, 3.8) is 0 Å². The van der Waals surface area contributed by atoms with Gasteiger partial charge in [-0.3, -0.25) is 13.8 Å². The lowest BCUT2D eigenvalue weighted by atomic mass is 10.1. The van der Waals surface area contributed by atoms with E-state index in [0.717, 1.165) is 83.5 Å². The summed E-state index contributed by atoms with van der Waals surface area (Å²) in [6.45, 7) is 4.77. The number of allylic oxidation sites excluding steroid dienone is 8. The summed E-state index contributed by atoms with van der Waals surface area (Å²) in [6, 6.07) is 0. The standard InChI is InChI=1S/C39H72NO7P/c1-3-5-7-9-11-13-15-17-19-20-22-24-26-28-30-32-39(41)47-38(37-46-48(42,43)45-35-33-40)36-44-34-31-29-27-25-23-21-18-16-14-12-10-8-6-4-2/h8,10-11,13-14,16-17,19,38H,3-7,9,12,15,18,20-37,40H2,1-2H3,(H,42,43)/b10-8-,13-11-,16-14-,19-17-. The van der Waals surface area contributed by atoms with Gasteiger partial charge in [-0.2, -0.15) is 0 Å². The maximum Gasteiger partial charge on any atom is 0.472 e. The van der Waals surface area contributed by atoms with Crippen molar-refractivity contribution >= 4 is 13.8 Å². The highest BCUT2D eigenvalue weighted by atomic mass is 31.2. The first-order valence-corrected chi connectivity index (χ1v) is 20.6. The summed E-state index contributed by atoms with van der Waals surface area (Å²) < 4.78 is 33.3. The summed E-state index contributed by atoms with van der Waals surface area (Å²) in [5, 5.41) is 0. The molecular weight excluding hydrogens is 625 g/mol. The number of phosphoric acid groups is 1. The molecule has 0 aliphatic heterocycles. The molecule has 9 heteroatoms. The molecule has 0 aromatic rings. The molecule has 0 rings (SSSR count). The fourth-order valence-corrected chi connectivity index (χ4v) is 5.65. The molecule has 0 heterocycles. The Morgan fingerprint density at radius 2 is 1.15 bits per heavy atom. The molecule has 3 N–H and O–H groups in total. The van der Waals surface area contributed by atoms with Crippen molar-refractivity contribution in [2.45, 2.75) is 161 Å². The van der Waals surface area contributed by atoms with Crippen LogP contribution in [0.3, 0.4) is 0 Å². The Morgan fingerprint density at radius 3 is 1.71 bits per heavy atom. The zero-order chi connectivity index (χ0) is 35.2. The lowest BCUT2D eigenvalue weighted by molar-refractivity contribution is -0.154. The molecule has 2 unspecified atom stereocenters. The highest BCUT2D eigenvalue weighted by Crippen LogP contribution is 2.43. The van der Waals surface area contributed by atoms with Gasteiger partial charge in [0.05, 0.1) is 19.8 Å². The van der Waals surface area contributed by atoms with Crippen molar-refractivity contribution in [3.8, 4) is 0 Å². The van der Waals surface area contributed by atoms with E-state index in [1.807, 2.05) is 0 Å². The molecule has 0 bridgehead atoms. The number of nitrogens with two attached hydrogens (primary N) is 1. The smallest absolute Gasteiger partial charge is 0.457 e. The number of esters is 1. The summed E-state index contributed by atoms with van der Waals surface area (Å²) in [5.41, 5.74) is 5.35. The van der Waals surface area contributed by atoms with Crippen LogP contribution < -0.4 is 5.73 Å². The van der Waals surface area contributed by atoms with E-state index in [1.54, 1.807) is 0 Å². The zero-order valence-corrected chi connectivity index (χ0v) is 31.6. The molecule has 0 radical (unpaired) electrons. The predicted molar refractivity (Wildman–Crippen MR) is 201 cm³/mol. The molecule has 0 aromatic heterocycles. The van der Waals surface area contributed by atoms with Gasteiger partial charge in [0.1, 0.15) is 6.10 Å². The topological polar surface area (TPSA) is 117 Å². The maximum atomic E-state index is 12.5. The van der Waals surface area contributed by atoms with Crippen LogP contribution in [0.1, 0.15) is 155 Å². The van der Waals surface area contributed by atoms with E-state index in [4.69, 9.17) is 24.3 Å². The third-order valence-corrected chi connectivity index (χ3v) is 8.68. The molecular formula is C39H72NO7P. The molecule has 8 nitrogen and oxygen atoms in total. The van der Waals surface area contributed by atoms with Gasteiger partial charge in [0, 0.05) is 19.6 Å². The van der Waals surface area contributed by atoms with Gasteiger partial charge >= 0.3 is 13.8 Å². The van der Waals surface area contributed by atoms with Crippen LogP contribution in [0.5, 0.6) is 0 Å². The van der Waals surface area contributed by atoms with Crippen LogP contribution in [0.15, 0.2) is 48.6 Å². The summed E-state index contributed by atoms with van der Waals surface area (Å²) in [5.74, 6) is -0.351. The van der Waals surface area contributed by atoms with Crippen LogP contribution in [-0.4, -0.2) is 49.9 Å². The van der Waals surface area contributed by atoms with Crippen LogP contribution in [0.2, 0.25) is 0 Å². The Morgan fingerprint density at radius 1 is 0.625 bits per heavy atom. The average molecular weight is 698 g/mol. The second-order valence-electron chi connectivity index (χ2n) is 12.4. The van der Waals surface area contributed by atoms with Crippen LogP contribution in [0.25, 0.3) is 0 Å². The molecule has 0 fully saturated rings. The van der Waals surface area contributed by atoms with E-state index >= 15 is 0 Å². The van der Waals surface area contributed by atoms with Crippen molar-refractivity contribution in [2.75, 3.05) is 33.0 Å². The van der Waals surface area contributed by atoms with E-state index < -0.39 is 13.9 Å². The first-order valence-electron chi connectivity index (χ1n) is 19.1. The highest BCUT2D eigenvalue weighted by Gasteiger charge is 2.25. The van der Waals surface area contributed by atoms with Crippen molar-refractivity contribution in [2.24, 2.45) is 5.73 Å². The molecule has 0 aliphatic carbocycles. The van der Waals surface area contributed by atoms with Gasteiger partial charge in [-0.05, 0) is 70.6 Å². The van der Waals surface area contributed by atoms with Crippen LogP contribution in [0.4, 0.5) is 0 Å². The quantitative estimate of drug-likeness (QED) is 0.0287. The van der Waals surface area contributed by atoms with E-state index in [-0.39, 0.29) is 32.3 Å².